The fourth-order valence-corrected chi connectivity index (χ4v) is 4.72. The number of hydrogen-bond donors (Lipinski definition) is 2. The van der Waals surface area contributed by atoms with Crippen LogP contribution in [0.1, 0.15) is 52.0 Å². The number of carbonyl (C=O) groups excluding carboxylic acids is 3. The molecular formula is C28H25F2N3O3. The van der Waals surface area contributed by atoms with Gasteiger partial charge >= 0.3 is 0 Å². The predicted molar refractivity (Wildman–Crippen MR) is 129 cm³/mol. The molecule has 36 heavy (non-hydrogen) atoms. The molecule has 3 aromatic rings. The molecule has 1 aliphatic carbocycles. The lowest BCUT2D eigenvalue weighted by atomic mass is 9.98. The molecule has 0 radical (unpaired) electrons. The minimum atomic E-state index is -0.777. The van der Waals surface area contributed by atoms with Gasteiger partial charge in [-0.3, -0.25) is 14.4 Å². The average molecular weight is 490 g/mol. The number of rotatable bonds is 8. The molecule has 2 N–H and O–H groups in total. The van der Waals surface area contributed by atoms with Crippen LogP contribution in [0.5, 0.6) is 0 Å². The number of carbonyl (C=O) groups is 3. The Kier molecular flexibility index (Phi) is 6.50. The highest BCUT2D eigenvalue weighted by Gasteiger charge is 2.47. The van der Waals surface area contributed by atoms with Gasteiger partial charge in [-0.05, 0) is 66.3 Å². The van der Waals surface area contributed by atoms with Gasteiger partial charge in [0.15, 0.2) is 0 Å². The number of benzene rings is 3. The number of fused-ring (bicyclic) bond motifs is 1. The first kappa shape index (κ1) is 23.7. The first-order valence-corrected chi connectivity index (χ1v) is 11.9. The van der Waals surface area contributed by atoms with Crippen LogP contribution in [-0.4, -0.2) is 35.2 Å². The molecule has 6 nitrogen and oxygen atoms in total. The van der Waals surface area contributed by atoms with E-state index in [1.807, 2.05) is 0 Å². The predicted octanol–water partition coefficient (Wildman–Crippen LogP) is 3.84. The largest absolute Gasteiger partial charge is 0.347 e. The van der Waals surface area contributed by atoms with Crippen LogP contribution in [0.3, 0.4) is 0 Å². The minimum absolute atomic E-state index is 0.0260. The summed E-state index contributed by atoms with van der Waals surface area (Å²) in [7, 11) is 0. The van der Waals surface area contributed by atoms with Crippen molar-refractivity contribution in [1.29, 1.82) is 0 Å². The number of nitrogens with zero attached hydrogens (tertiary/aromatic N) is 1. The third kappa shape index (κ3) is 4.98. The van der Waals surface area contributed by atoms with Crippen LogP contribution in [0.15, 0.2) is 72.8 Å². The van der Waals surface area contributed by atoms with E-state index in [4.69, 9.17) is 0 Å². The quantitative estimate of drug-likeness (QED) is 0.505. The Labute approximate surface area is 207 Å². The van der Waals surface area contributed by atoms with Crippen LogP contribution in [0, 0.1) is 11.6 Å². The van der Waals surface area contributed by atoms with Gasteiger partial charge < -0.3 is 15.5 Å². The Hall–Kier alpha value is -4.07. The van der Waals surface area contributed by atoms with Crippen molar-refractivity contribution in [2.45, 2.75) is 37.4 Å². The molecule has 3 aromatic carbocycles. The standard InChI is InChI=1S/C28H25F2N3O3/c29-19-7-3-5-17(13-19)14-24(18-6-4-8-20(30)15-18)32-25(34)16-31-27(35)26-22-9-1-2-10-23(22)28(36)33(26)21-11-12-21/h1-10,13,15,21,24,26H,11-12,14,16H2,(H,31,35)(H,32,34). The highest BCUT2D eigenvalue weighted by Crippen LogP contribution is 2.41. The Balaban J connectivity index is 1.28. The van der Waals surface area contributed by atoms with Crippen molar-refractivity contribution in [1.82, 2.24) is 15.5 Å². The molecule has 2 aliphatic rings. The number of nitrogens with one attached hydrogen (secondary N) is 2. The van der Waals surface area contributed by atoms with Crippen molar-refractivity contribution >= 4 is 17.7 Å². The zero-order valence-electron chi connectivity index (χ0n) is 19.4. The lowest BCUT2D eigenvalue weighted by Crippen LogP contribution is -2.44. The third-order valence-corrected chi connectivity index (χ3v) is 6.53. The molecular weight excluding hydrogens is 464 g/mol. The van der Waals surface area contributed by atoms with Gasteiger partial charge in [-0.2, -0.15) is 0 Å². The summed E-state index contributed by atoms with van der Waals surface area (Å²) in [6.07, 6.45) is 1.93. The van der Waals surface area contributed by atoms with Crippen molar-refractivity contribution in [3.05, 3.63) is 107 Å². The van der Waals surface area contributed by atoms with E-state index in [9.17, 15) is 23.2 Å². The maximum absolute atomic E-state index is 13.9. The van der Waals surface area contributed by atoms with Gasteiger partial charge in [0, 0.05) is 11.6 Å². The van der Waals surface area contributed by atoms with Crippen molar-refractivity contribution < 1.29 is 23.2 Å². The smallest absolute Gasteiger partial charge is 0.255 e. The normalized spacial score (nSPS) is 17.4. The van der Waals surface area contributed by atoms with Gasteiger partial charge in [-0.25, -0.2) is 8.78 Å². The highest BCUT2D eigenvalue weighted by molar-refractivity contribution is 6.05. The summed E-state index contributed by atoms with van der Waals surface area (Å²) >= 11 is 0. The summed E-state index contributed by atoms with van der Waals surface area (Å²) in [6, 6.07) is 17.5. The Bertz CT molecular complexity index is 1320. The molecule has 0 bridgehead atoms. The van der Waals surface area contributed by atoms with Crippen molar-refractivity contribution in [3.63, 3.8) is 0 Å². The van der Waals surface area contributed by atoms with Crippen LogP contribution < -0.4 is 10.6 Å². The molecule has 0 aromatic heterocycles. The number of amides is 3. The lowest BCUT2D eigenvalue weighted by molar-refractivity contribution is -0.129. The maximum Gasteiger partial charge on any atom is 0.255 e. The van der Waals surface area contributed by atoms with Gasteiger partial charge in [0.2, 0.25) is 11.8 Å². The lowest BCUT2D eigenvalue weighted by Gasteiger charge is -2.25. The topological polar surface area (TPSA) is 78.5 Å². The third-order valence-electron chi connectivity index (χ3n) is 6.53. The molecule has 1 heterocycles. The second-order valence-corrected chi connectivity index (χ2v) is 9.16. The molecule has 1 aliphatic heterocycles. The van der Waals surface area contributed by atoms with E-state index >= 15 is 0 Å². The van der Waals surface area contributed by atoms with Gasteiger partial charge in [0.25, 0.3) is 5.91 Å². The summed E-state index contributed by atoms with van der Waals surface area (Å²) in [5.74, 6) is -1.94. The molecule has 8 heteroatoms. The van der Waals surface area contributed by atoms with Crippen LogP contribution in [-0.2, 0) is 16.0 Å². The van der Waals surface area contributed by atoms with Crippen LogP contribution in [0.4, 0.5) is 8.78 Å². The van der Waals surface area contributed by atoms with E-state index in [1.165, 1.54) is 30.3 Å². The summed E-state index contributed by atoms with van der Waals surface area (Å²) in [5.41, 5.74) is 2.30. The second kappa shape index (κ2) is 9.89. The van der Waals surface area contributed by atoms with E-state index < -0.39 is 35.5 Å². The van der Waals surface area contributed by atoms with E-state index in [0.717, 1.165) is 12.8 Å². The molecule has 0 spiro atoms. The molecule has 2 unspecified atom stereocenters. The first-order valence-electron chi connectivity index (χ1n) is 11.9. The van der Waals surface area contributed by atoms with E-state index in [-0.39, 0.29) is 24.9 Å². The van der Waals surface area contributed by atoms with Gasteiger partial charge in [0.1, 0.15) is 17.7 Å². The summed E-state index contributed by atoms with van der Waals surface area (Å²) in [4.78, 5) is 40.5. The van der Waals surface area contributed by atoms with Crippen molar-refractivity contribution in [3.8, 4) is 0 Å². The maximum atomic E-state index is 13.9. The summed E-state index contributed by atoms with van der Waals surface area (Å²) in [5, 5.41) is 5.49. The van der Waals surface area contributed by atoms with Crippen molar-refractivity contribution in [2.75, 3.05) is 6.54 Å². The Morgan fingerprint density at radius 3 is 2.39 bits per heavy atom. The van der Waals surface area contributed by atoms with Crippen LogP contribution >= 0.6 is 0 Å². The second-order valence-electron chi connectivity index (χ2n) is 9.16. The molecule has 3 amide bonds. The first-order chi connectivity index (χ1) is 17.4. The van der Waals surface area contributed by atoms with Gasteiger partial charge in [0.05, 0.1) is 12.6 Å². The van der Waals surface area contributed by atoms with Crippen LogP contribution in [0.2, 0.25) is 0 Å². The van der Waals surface area contributed by atoms with Gasteiger partial charge in [-0.1, -0.05) is 42.5 Å². The van der Waals surface area contributed by atoms with Gasteiger partial charge in [-0.15, -0.1) is 0 Å². The molecule has 0 saturated heterocycles. The molecule has 2 atom stereocenters. The molecule has 1 saturated carbocycles. The molecule has 5 rings (SSSR count). The van der Waals surface area contributed by atoms with E-state index in [0.29, 0.717) is 22.3 Å². The number of hydrogen-bond acceptors (Lipinski definition) is 3. The molecule has 1 fully saturated rings. The highest BCUT2D eigenvalue weighted by atomic mass is 19.1. The van der Waals surface area contributed by atoms with E-state index in [1.54, 1.807) is 47.4 Å². The average Bonchev–Trinajstić information content (AvgIpc) is 3.66. The van der Waals surface area contributed by atoms with Crippen molar-refractivity contribution in [2.24, 2.45) is 0 Å². The fraction of sp³-hybridized carbons (Fsp3) is 0.250. The monoisotopic (exact) mass is 489 g/mol. The Morgan fingerprint density at radius 1 is 0.944 bits per heavy atom. The molecule has 184 valence electrons. The van der Waals surface area contributed by atoms with E-state index in [2.05, 4.69) is 10.6 Å². The zero-order chi connectivity index (χ0) is 25.2. The zero-order valence-corrected chi connectivity index (χ0v) is 19.4. The summed E-state index contributed by atoms with van der Waals surface area (Å²) in [6.45, 7) is -0.320. The Morgan fingerprint density at radius 2 is 1.67 bits per heavy atom. The SMILES string of the molecule is O=C(CNC(=O)C1c2ccccc2C(=O)N1C1CC1)NC(Cc1cccc(F)c1)c1cccc(F)c1. The fourth-order valence-electron chi connectivity index (χ4n) is 4.72. The number of halogens is 2. The summed E-state index contributed by atoms with van der Waals surface area (Å²) < 4.78 is 27.6. The minimum Gasteiger partial charge on any atom is -0.347 e. The van der Waals surface area contributed by atoms with Crippen LogP contribution in [0.25, 0.3) is 0 Å².